The third-order valence-corrected chi connectivity index (χ3v) is 7.39. The van der Waals surface area contributed by atoms with Gasteiger partial charge in [0.1, 0.15) is 17.6 Å². The minimum absolute atomic E-state index is 0.108. The van der Waals surface area contributed by atoms with Crippen molar-refractivity contribution in [2.75, 3.05) is 20.2 Å². The number of benzene rings is 3. The first-order valence-corrected chi connectivity index (χ1v) is 12.2. The highest BCUT2D eigenvalue weighted by Crippen LogP contribution is 2.34. The van der Waals surface area contributed by atoms with E-state index in [0.717, 1.165) is 16.7 Å². The van der Waals surface area contributed by atoms with Gasteiger partial charge in [-0.2, -0.15) is 5.06 Å². The number of ether oxygens (including phenoxy) is 1. The third kappa shape index (κ3) is 5.55. The molecule has 0 bridgehead atoms. The number of hydrogen-bond acceptors (Lipinski definition) is 5. The van der Waals surface area contributed by atoms with E-state index in [9.17, 15) is 8.42 Å². The highest BCUT2D eigenvalue weighted by Gasteiger charge is 2.43. The molecule has 0 aromatic heterocycles. The van der Waals surface area contributed by atoms with Gasteiger partial charge in [0.25, 0.3) is 0 Å². The summed E-state index contributed by atoms with van der Waals surface area (Å²) in [7, 11) is -1.82. The predicted octanol–water partition coefficient (Wildman–Crippen LogP) is 3.71. The minimum Gasteiger partial charge on any atom is -0.489 e. The molecule has 0 saturated carbocycles. The molecule has 1 fully saturated rings. The summed E-state index contributed by atoms with van der Waals surface area (Å²) in [6, 6.07) is 26.9. The summed E-state index contributed by atoms with van der Waals surface area (Å²) < 4.78 is 34.9. The smallest absolute Gasteiger partial charge is 0.218 e. The number of nitrogens with zero attached hydrogens (tertiary/aromatic N) is 1. The molecule has 1 N–H and O–H groups in total. The van der Waals surface area contributed by atoms with E-state index in [1.807, 2.05) is 84.9 Å². The van der Waals surface area contributed by atoms with Crippen LogP contribution in [-0.4, -0.2) is 38.9 Å². The van der Waals surface area contributed by atoms with Gasteiger partial charge >= 0.3 is 0 Å². The summed E-state index contributed by atoms with van der Waals surface area (Å²) in [5, 5.41) is 0.907. The van der Waals surface area contributed by atoms with Crippen molar-refractivity contribution in [2.45, 2.75) is 24.3 Å². The number of hydrogen-bond donors (Lipinski definition) is 1. The molecular formula is C25H28N2O4S. The molecule has 2 unspecified atom stereocenters. The third-order valence-electron chi connectivity index (χ3n) is 5.59. The average molecular weight is 453 g/mol. The van der Waals surface area contributed by atoms with E-state index in [0.29, 0.717) is 25.3 Å². The van der Waals surface area contributed by atoms with Crippen LogP contribution in [-0.2, 0) is 27.9 Å². The second-order valence-corrected chi connectivity index (χ2v) is 9.83. The van der Waals surface area contributed by atoms with Crippen LogP contribution in [0, 0.1) is 0 Å². The van der Waals surface area contributed by atoms with Crippen LogP contribution in [0.15, 0.2) is 84.9 Å². The lowest BCUT2D eigenvalue weighted by Gasteiger charge is -2.23. The van der Waals surface area contributed by atoms with E-state index < -0.39 is 21.3 Å². The number of nitrogens with one attached hydrogen (secondary N) is 1. The molecule has 0 aliphatic carbocycles. The first-order chi connectivity index (χ1) is 15.5. The first-order valence-electron chi connectivity index (χ1n) is 10.7. The minimum atomic E-state index is -3.59. The van der Waals surface area contributed by atoms with Crippen LogP contribution < -0.4 is 9.46 Å². The summed E-state index contributed by atoms with van der Waals surface area (Å²) >= 11 is 0. The quantitative estimate of drug-likeness (QED) is 0.536. The monoisotopic (exact) mass is 452 g/mol. The Morgan fingerprint density at radius 1 is 0.969 bits per heavy atom. The van der Waals surface area contributed by atoms with Gasteiger partial charge in [-0.15, -0.1) is 0 Å². The fraction of sp³-hybridized carbons (Fsp3) is 0.280. The first kappa shape index (κ1) is 22.5. The maximum absolute atomic E-state index is 13.1. The Morgan fingerprint density at radius 3 is 2.38 bits per heavy atom. The van der Waals surface area contributed by atoms with E-state index in [1.54, 1.807) is 12.1 Å². The van der Waals surface area contributed by atoms with Crippen LogP contribution in [0.4, 0.5) is 0 Å². The lowest BCUT2D eigenvalue weighted by molar-refractivity contribution is -0.110. The molecule has 168 valence electrons. The van der Waals surface area contributed by atoms with Gasteiger partial charge in [0, 0.05) is 13.6 Å². The van der Waals surface area contributed by atoms with Crippen LogP contribution in [0.25, 0.3) is 0 Å². The molecule has 32 heavy (non-hydrogen) atoms. The van der Waals surface area contributed by atoms with Gasteiger partial charge in [-0.25, -0.2) is 13.1 Å². The van der Waals surface area contributed by atoms with Gasteiger partial charge in [0.2, 0.25) is 10.0 Å². The van der Waals surface area contributed by atoms with E-state index in [-0.39, 0.29) is 6.61 Å². The lowest BCUT2D eigenvalue weighted by atomic mass is 10.0. The van der Waals surface area contributed by atoms with Gasteiger partial charge in [-0.3, -0.25) is 4.84 Å². The number of hydroxylamine groups is 2. The van der Waals surface area contributed by atoms with Crippen LogP contribution in [0.1, 0.15) is 22.7 Å². The Labute approximate surface area is 189 Å². The SMILES string of the molecule is CN1OCC(S(=O)(=O)NCCc2ccccc2)C1c1cccc(OCc2ccccc2)c1. The fourth-order valence-electron chi connectivity index (χ4n) is 3.90. The van der Waals surface area contributed by atoms with E-state index in [2.05, 4.69) is 4.72 Å². The van der Waals surface area contributed by atoms with Gasteiger partial charge in [-0.05, 0) is 35.2 Å². The van der Waals surface area contributed by atoms with Crippen molar-refractivity contribution in [3.63, 3.8) is 0 Å². The number of sulfonamides is 1. The number of rotatable bonds is 9. The second kappa shape index (κ2) is 10.3. The van der Waals surface area contributed by atoms with E-state index in [4.69, 9.17) is 9.57 Å². The van der Waals surface area contributed by atoms with Crippen LogP contribution in [0.5, 0.6) is 5.75 Å². The molecule has 0 radical (unpaired) electrons. The van der Waals surface area contributed by atoms with Gasteiger partial charge in [0.05, 0.1) is 12.6 Å². The maximum Gasteiger partial charge on any atom is 0.218 e. The Kier molecular flexibility index (Phi) is 7.22. The van der Waals surface area contributed by atoms with Crippen molar-refractivity contribution < 1.29 is 18.0 Å². The molecule has 1 aliphatic rings. The average Bonchev–Trinajstić information content (AvgIpc) is 3.21. The highest BCUT2D eigenvalue weighted by molar-refractivity contribution is 7.90. The Balaban J connectivity index is 1.44. The summed E-state index contributed by atoms with van der Waals surface area (Å²) in [6.45, 7) is 0.903. The molecule has 1 aliphatic heterocycles. The van der Waals surface area contributed by atoms with Crippen molar-refractivity contribution in [2.24, 2.45) is 0 Å². The summed E-state index contributed by atoms with van der Waals surface area (Å²) in [6.07, 6.45) is 0.636. The Morgan fingerprint density at radius 2 is 1.66 bits per heavy atom. The molecule has 6 nitrogen and oxygen atoms in total. The molecule has 0 amide bonds. The zero-order valence-electron chi connectivity index (χ0n) is 18.1. The molecule has 7 heteroatoms. The topological polar surface area (TPSA) is 67.9 Å². The van der Waals surface area contributed by atoms with Gasteiger partial charge < -0.3 is 4.74 Å². The van der Waals surface area contributed by atoms with Crippen molar-refractivity contribution in [1.29, 1.82) is 0 Å². The lowest BCUT2D eigenvalue weighted by Crippen LogP contribution is -2.40. The van der Waals surface area contributed by atoms with Crippen molar-refractivity contribution in [3.8, 4) is 5.75 Å². The summed E-state index contributed by atoms with van der Waals surface area (Å²) in [4.78, 5) is 5.63. The zero-order chi connectivity index (χ0) is 22.4. The highest BCUT2D eigenvalue weighted by atomic mass is 32.2. The molecule has 1 heterocycles. The van der Waals surface area contributed by atoms with E-state index in [1.165, 1.54) is 0 Å². The predicted molar refractivity (Wildman–Crippen MR) is 125 cm³/mol. The fourth-order valence-corrected chi connectivity index (χ4v) is 5.41. The molecule has 4 rings (SSSR count). The Hall–Kier alpha value is -2.71. The second-order valence-electron chi connectivity index (χ2n) is 7.85. The van der Waals surface area contributed by atoms with Crippen LogP contribution in [0.3, 0.4) is 0 Å². The van der Waals surface area contributed by atoms with Gasteiger partial charge in [-0.1, -0.05) is 72.8 Å². The standard InChI is InChI=1S/C25H28N2O4S/c1-27-25(22-13-8-14-23(17-22)30-18-21-11-6-3-7-12-21)24(19-31-27)32(28,29)26-16-15-20-9-4-2-5-10-20/h2-14,17,24-26H,15-16,18-19H2,1H3. The molecule has 3 aromatic rings. The summed E-state index contributed by atoms with van der Waals surface area (Å²) in [5.74, 6) is 0.694. The molecular weight excluding hydrogens is 424 g/mol. The largest absolute Gasteiger partial charge is 0.489 e. The maximum atomic E-state index is 13.1. The Bertz CT molecular complexity index is 1110. The molecule has 3 aromatic carbocycles. The molecule has 2 atom stereocenters. The van der Waals surface area contributed by atoms with Gasteiger partial charge in [0.15, 0.2) is 0 Å². The van der Waals surface area contributed by atoms with Crippen LogP contribution >= 0.6 is 0 Å². The van der Waals surface area contributed by atoms with E-state index >= 15 is 0 Å². The zero-order valence-corrected chi connectivity index (χ0v) is 18.9. The van der Waals surface area contributed by atoms with Crippen molar-refractivity contribution >= 4 is 10.0 Å². The van der Waals surface area contributed by atoms with Crippen molar-refractivity contribution in [3.05, 3.63) is 102 Å². The molecule has 1 saturated heterocycles. The van der Waals surface area contributed by atoms with Crippen molar-refractivity contribution in [1.82, 2.24) is 9.79 Å². The van der Waals surface area contributed by atoms with Crippen LogP contribution in [0.2, 0.25) is 0 Å². The molecule has 0 spiro atoms. The normalized spacial score (nSPS) is 19.2. The summed E-state index contributed by atoms with van der Waals surface area (Å²) in [5.41, 5.74) is 3.01.